The van der Waals surface area contributed by atoms with Crippen LogP contribution in [0.3, 0.4) is 0 Å². The van der Waals surface area contributed by atoms with Crippen LogP contribution < -0.4 is 11.1 Å². The third kappa shape index (κ3) is 13.5. The molecule has 1 heterocycles. The molecule has 0 saturated carbocycles. The highest BCUT2D eigenvalue weighted by atomic mass is 15.1. The molecule has 0 bridgehead atoms. The number of rotatable bonds is 7. The van der Waals surface area contributed by atoms with Gasteiger partial charge in [0.05, 0.1) is 0 Å². The lowest BCUT2D eigenvalue weighted by molar-refractivity contribution is 0.258. The molecule has 1 rings (SSSR count). The Balaban J connectivity index is 2.21. The van der Waals surface area contributed by atoms with Crippen LogP contribution in [0.25, 0.3) is 0 Å². The van der Waals surface area contributed by atoms with E-state index in [1.807, 2.05) is 0 Å². The first-order valence-electron chi connectivity index (χ1n) is 9.86. The average Bonchev–Trinajstić information content (AvgIpc) is 2.57. The predicted octanol–water partition coefficient (Wildman–Crippen LogP) is 3.86. The fourth-order valence-corrected chi connectivity index (χ4v) is 2.99. The Kier molecular flexibility index (Phi) is 14.4. The Labute approximate surface area is 144 Å². The van der Waals surface area contributed by atoms with E-state index in [0.717, 1.165) is 32.5 Å². The van der Waals surface area contributed by atoms with Gasteiger partial charge in [0, 0.05) is 0 Å². The molecule has 3 nitrogen and oxygen atoms in total. The molecule has 0 amide bonds. The Morgan fingerprint density at radius 3 is 2.17 bits per heavy atom. The van der Waals surface area contributed by atoms with Crippen LogP contribution in [0.5, 0.6) is 0 Å². The topological polar surface area (TPSA) is 41.3 Å². The van der Waals surface area contributed by atoms with Gasteiger partial charge in [0.2, 0.25) is 0 Å². The van der Waals surface area contributed by atoms with Crippen molar-refractivity contribution in [3.8, 4) is 0 Å². The molecule has 0 aromatic rings. The fraction of sp³-hybridized carbons (Fsp3) is 0.800. The van der Waals surface area contributed by atoms with E-state index in [9.17, 15) is 0 Å². The number of hydrogen-bond donors (Lipinski definition) is 2. The van der Waals surface area contributed by atoms with Crippen molar-refractivity contribution in [1.29, 1.82) is 0 Å². The molecule has 0 aromatic heterocycles. The quantitative estimate of drug-likeness (QED) is 0.552. The summed E-state index contributed by atoms with van der Waals surface area (Å²) in [4.78, 5) is 2.68. The van der Waals surface area contributed by atoms with E-state index in [4.69, 9.17) is 5.73 Å². The zero-order chi connectivity index (χ0) is 16.4. The van der Waals surface area contributed by atoms with Crippen molar-refractivity contribution in [3.05, 3.63) is 24.3 Å². The van der Waals surface area contributed by atoms with E-state index in [-0.39, 0.29) is 0 Å². The fourth-order valence-electron chi connectivity index (χ4n) is 2.99. The van der Waals surface area contributed by atoms with Crippen molar-refractivity contribution < 1.29 is 0 Å². The van der Waals surface area contributed by atoms with Gasteiger partial charge in [0.25, 0.3) is 0 Å². The molecule has 0 aliphatic carbocycles. The first kappa shape index (κ1) is 20.4. The van der Waals surface area contributed by atoms with E-state index in [0.29, 0.717) is 0 Å². The molecule has 0 atom stereocenters. The molecule has 1 aliphatic heterocycles. The summed E-state index contributed by atoms with van der Waals surface area (Å²) in [7, 11) is 0. The number of hydrogen-bond acceptors (Lipinski definition) is 3. The summed E-state index contributed by atoms with van der Waals surface area (Å²) >= 11 is 0. The molecule has 0 unspecified atom stereocenters. The molecule has 0 aromatic carbocycles. The first-order valence-corrected chi connectivity index (χ1v) is 9.86. The zero-order valence-corrected chi connectivity index (χ0v) is 15.1. The molecular formula is C20H39N3. The highest BCUT2D eigenvalue weighted by molar-refractivity contribution is 4.92. The van der Waals surface area contributed by atoms with Gasteiger partial charge in [-0.05, 0) is 97.1 Å². The summed E-state index contributed by atoms with van der Waals surface area (Å²) in [5.74, 6) is 0. The third-order valence-corrected chi connectivity index (χ3v) is 4.43. The Morgan fingerprint density at radius 1 is 0.783 bits per heavy atom. The standard InChI is InChI=1S/C20H39N3/c21-15-13-16-22-17-14-20-23-18-11-9-7-5-3-1-2-4-6-8-10-12-19-23/h1,3-4,6,22H,2,5,7-21H2/b3-1-,6-4-. The van der Waals surface area contributed by atoms with Crippen LogP contribution >= 0.6 is 0 Å². The second-order valence-electron chi connectivity index (χ2n) is 6.61. The molecule has 134 valence electrons. The SMILES string of the molecule is NCCCNCCCN1CCCC/C=C\C/C=C\CCCCC1. The van der Waals surface area contributed by atoms with Gasteiger partial charge in [-0.25, -0.2) is 0 Å². The van der Waals surface area contributed by atoms with Crippen molar-refractivity contribution in [2.75, 3.05) is 39.3 Å². The van der Waals surface area contributed by atoms with Crippen LogP contribution in [-0.2, 0) is 0 Å². The summed E-state index contributed by atoms with van der Waals surface area (Å²) in [5.41, 5.74) is 5.52. The van der Waals surface area contributed by atoms with E-state index in [2.05, 4.69) is 34.5 Å². The smallest absolute Gasteiger partial charge is 0.000664 e. The maximum Gasteiger partial charge on any atom is -0.000664 e. The lowest BCUT2D eigenvalue weighted by Crippen LogP contribution is -2.30. The van der Waals surface area contributed by atoms with Crippen LogP contribution in [0.15, 0.2) is 24.3 Å². The van der Waals surface area contributed by atoms with Crippen molar-refractivity contribution in [2.45, 2.75) is 64.2 Å². The van der Waals surface area contributed by atoms with E-state index >= 15 is 0 Å². The molecule has 0 radical (unpaired) electrons. The first-order chi connectivity index (χ1) is 11.4. The van der Waals surface area contributed by atoms with Crippen molar-refractivity contribution in [1.82, 2.24) is 10.2 Å². The van der Waals surface area contributed by atoms with E-state index in [1.165, 1.54) is 71.0 Å². The third-order valence-electron chi connectivity index (χ3n) is 4.43. The van der Waals surface area contributed by atoms with Crippen molar-refractivity contribution in [3.63, 3.8) is 0 Å². The van der Waals surface area contributed by atoms with Gasteiger partial charge in [-0.3, -0.25) is 0 Å². The van der Waals surface area contributed by atoms with Gasteiger partial charge in [0.15, 0.2) is 0 Å². The molecule has 3 N–H and O–H groups in total. The molecule has 0 saturated heterocycles. The van der Waals surface area contributed by atoms with E-state index < -0.39 is 0 Å². The van der Waals surface area contributed by atoms with Crippen LogP contribution in [-0.4, -0.2) is 44.2 Å². The van der Waals surface area contributed by atoms with Gasteiger partial charge in [-0.1, -0.05) is 30.7 Å². The minimum Gasteiger partial charge on any atom is -0.330 e. The monoisotopic (exact) mass is 321 g/mol. The maximum atomic E-state index is 5.52. The molecule has 0 fully saturated rings. The Hall–Kier alpha value is -0.640. The van der Waals surface area contributed by atoms with Crippen molar-refractivity contribution in [2.24, 2.45) is 5.73 Å². The number of nitrogens with zero attached hydrogens (tertiary/aromatic N) is 1. The average molecular weight is 322 g/mol. The van der Waals surface area contributed by atoms with Crippen LogP contribution in [0.1, 0.15) is 64.2 Å². The van der Waals surface area contributed by atoms with Gasteiger partial charge >= 0.3 is 0 Å². The number of nitrogens with two attached hydrogens (primary N) is 1. The van der Waals surface area contributed by atoms with Gasteiger partial charge in [0.1, 0.15) is 0 Å². The highest BCUT2D eigenvalue weighted by Crippen LogP contribution is 2.07. The Bertz CT molecular complexity index is 299. The van der Waals surface area contributed by atoms with E-state index in [1.54, 1.807) is 0 Å². The Morgan fingerprint density at radius 2 is 1.43 bits per heavy atom. The summed E-state index contributed by atoms with van der Waals surface area (Å²) in [6.07, 6.45) is 22.0. The van der Waals surface area contributed by atoms with Gasteiger partial charge in [-0.2, -0.15) is 0 Å². The highest BCUT2D eigenvalue weighted by Gasteiger charge is 2.04. The predicted molar refractivity (Wildman–Crippen MR) is 103 cm³/mol. The summed E-state index contributed by atoms with van der Waals surface area (Å²) in [6.45, 7) is 6.78. The lowest BCUT2D eigenvalue weighted by atomic mass is 10.1. The zero-order valence-electron chi connectivity index (χ0n) is 15.1. The van der Waals surface area contributed by atoms with Gasteiger partial charge < -0.3 is 16.0 Å². The normalized spacial score (nSPS) is 22.1. The minimum atomic E-state index is 0.794. The van der Waals surface area contributed by atoms with Gasteiger partial charge in [-0.15, -0.1) is 0 Å². The number of nitrogens with one attached hydrogen (secondary N) is 1. The lowest BCUT2D eigenvalue weighted by Gasteiger charge is -2.22. The maximum absolute atomic E-state index is 5.52. The molecular weight excluding hydrogens is 282 g/mol. The minimum absolute atomic E-state index is 0.794. The van der Waals surface area contributed by atoms with Crippen LogP contribution in [0, 0.1) is 0 Å². The van der Waals surface area contributed by atoms with Crippen molar-refractivity contribution >= 4 is 0 Å². The number of allylic oxidation sites excluding steroid dienone is 4. The molecule has 23 heavy (non-hydrogen) atoms. The molecule has 3 heteroatoms. The summed E-state index contributed by atoms with van der Waals surface area (Å²) in [6, 6.07) is 0. The summed E-state index contributed by atoms with van der Waals surface area (Å²) < 4.78 is 0. The molecule has 1 aliphatic rings. The largest absolute Gasteiger partial charge is 0.330 e. The van der Waals surface area contributed by atoms with Crippen LogP contribution in [0.2, 0.25) is 0 Å². The second-order valence-corrected chi connectivity index (χ2v) is 6.61. The molecule has 0 spiro atoms. The van der Waals surface area contributed by atoms with Crippen LogP contribution in [0.4, 0.5) is 0 Å². The summed E-state index contributed by atoms with van der Waals surface area (Å²) in [5, 5.41) is 3.49. The second kappa shape index (κ2) is 16.2.